The minimum Gasteiger partial charge on any atom is -0.309 e. The normalized spacial score (nSPS) is 11.9. The van der Waals surface area contributed by atoms with Crippen LogP contribution in [0.5, 0.6) is 0 Å². The van der Waals surface area contributed by atoms with Crippen LogP contribution in [-0.4, -0.2) is 30.9 Å². The summed E-state index contributed by atoms with van der Waals surface area (Å²) in [4.78, 5) is 22.5. The molecule has 0 radical (unpaired) electrons. The van der Waals surface area contributed by atoms with Crippen LogP contribution in [0, 0.1) is 11.3 Å². The van der Waals surface area contributed by atoms with Gasteiger partial charge in [0.25, 0.3) is 0 Å². The van der Waals surface area contributed by atoms with Gasteiger partial charge >= 0.3 is 0 Å². The van der Waals surface area contributed by atoms with E-state index in [-0.39, 0.29) is 5.91 Å². The monoisotopic (exact) mass is 498 g/mol. The summed E-state index contributed by atoms with van der Waals surface area (Å²) in [6.07, 6.45) is 2.95. The quantitative estimate of drug-likeness (QED) is 0.312. The number of nitriles is 1. The molecule has 3 aromatic heterocycles. The highest BCUT2D eigenvalue weighted by Gasteiger charge is 2.21. The zero-order valence-electron chi connectivity index (χ0n) is 16.0. The third-order valence-corrected chi connectivity index (χ3v) is 6.96. The molecule has 4 aromatic rings. The first-order valence-electron chi connectivity index (χ1n) is 8.85. The number of nitrogens with zero attached hydrogens (tertiary/aromatic N) is 5. The number of thiophene rings is 1. The van der Waals surface area contributed by atoms with Crippen LogP contribution in [0.15, 0.2) is 51.7 Å². The van der Waals surface area contributed by atoms with E-state index in [1.54, 1.807) is 18.4 Å². The molecule has 150 valence electrons. The number of halogens is 1. The molecule has 0 saturated carbocycles. The Morgan fingerprint density at radius 1 is 1.33 bits per heavy atom. The number of hydrogen-bond donors (Lipinski definition) is 1. The number of amides is 1. The molecule has 0 saturated heterocycles. The smallest absolute Gasteiger partial charge is 0.238 e. The zero-order chi connectivity index (χ0) is 21.3. The number of hydrogen-bond acceptors (Lipinski definition) is 7. The van der Waals surface area contributed by atoms with Crippen LogP contribution in [0.2, 0.25) is 0 Å². The van der Waals surface area contributed by atoms with Gasteiger partial charge in [0.05, 0.1) is 16.8 Å². The van der Waals surface area contributed by atoms with Gasteiger partial charge < -0.3 is 5.32 Å². The molecule has 0 fully saturated rings. The van der Waals surface area contributed by atoms with Crippen LogP contribution < -0.4 is 5.32 Å². The molecule has 1 atom stereocenters. The second-order valence-electron chi connectivity index (χ2n) is 6.41. The molecule has 0 bridgehead atoms. The van der Waals surface area contributed by atoms with Crippen molar-refractivity contribution in [2.75, 3.05) is 5.32 Å². The van der Waals surface area contributed by atoms with Crippen molar-refractivity contribution in [3.8, 4) is 17.2 Å². The Morgan fingerprint density at radius 3 is 2.83 bits per heavy atom. The number of nitrogens with one attached hydrogen (secondary N) is 1. The van der Waals surface area contributed by atoms with Gasteiger partial charge in [-0.3, -0.25) is 9.48 Å². The Hall–Kier alpha value is -2.74. The third-order valence-electron chi connectivity index (χ3n) is 4.45. The van der Waals surface area contributed by atoms with Gasteiger partial charge in [-0.2, -0.15) is 10.4 Å². The molecule has 0 aliphatic rings. The Labute approximate surface area is 189 Å². The van der Waals surface area contributed by atoms with Crippen LogP contribution in [0.1, 0.15) is 12.5 Å². The maximum Gasteiger partial charge on any atom is 0.238 e. The molecule has 7 nitrogen and oxygen atoms in total. The molecule has 0 aliphatic heterocycles. The van der Waals surface area contributed by atoms with E-state index in [0.29, 0.717) is 11.4 Å². The standard InChI is InChI=1S/C20H15BrN6OS2/c1-11(18(28)26-17-13(7-22)8-25-27(17)2)30-20-16-15(9-29-19(16)23-10-24-20)12-3-5-14(21)6-4-12/h3-6,8-11H,1-2H3,(H,26,28). The molecule has 0 spiro atoms. The lowest BCUT2D eigenvalue weighted by Gasteiger charge is -2.13. The maximum absolute atomic E-state index is 12.8. The number of anilines is 1. The van der Waals surface area contributed by atoms with Gasteiger partial charge in [-0.1, -0.05) is 39.8 Å². The van der Waals surface area contributed by atoms with Crippen molar-refractivity contribution in [2.45, 2.75) is 17.2 Å². The minimum absolute atomic E-state index is 0.229. The van der Waals surface area contributed by atoms with Crippen LogP contribution >= 0.6 is 39.0 Å². The van der Waals surface area contributed by atoms with Crippen LogP contribution in [0.3, 0.4) is 0 Å². The predicted octanol–water partition coefficient (Wildman–Crippen LogP) is 4.85. The van der Waals surface area contributed by atoms with E-state index >= 15 is 0 Å². The molecule has 1 amide bonds. The Kier molecular flexibility index (Phi) is 5.85. The SMILES string of the molecule is CC(Sc1ncnc2scc(-c3ccc(Br)cc3)c12)C(=O)Nc1c(C#N)cnn1C. The topological polar surface area (TPSA) is 96.5 Å². The summed E-state index contributed by atoms with van der Waals surface area (Å²) in [7, 11) is 1.68. The van der Waals surface area contributed by atoms with E-state index in [1.165, 1.54) is 29.0 Å². The number of benzene rings is 1. The molecule has 30 heavy (non-hydrogen) atoms. The second kappa shape index (κ2) is 8.55. The summed E-state index contributed by atoms with van der Waals surface area (Å²) >= 11 is 6.37. The lowest BCUT2D eigenvalue weighted by molar-refractivity contribution is -0.115. The summed E-state index contributed by atoms with van der Waals surface area (Å²) < 4.78 is 2.48. The van der Waals surface area contributed by atoms with Gasteiger partial charge in [-0.15, -0.1) is 11.3 Å². The predicted molar refractivity (Wildman–Crippen MR) is 122 cm³/mol. The zero-order valence-corrected chi connectivity index (χ0v) is 19.2. The molecule has 1 unspecified atom stereocenters. The fourth-order valence-corrected chi connectivity index (χ4v) is 5.06. The number of fused-ring (bicyclic) bond motifs is 1. The highest BCUT2D eigenvalue weighted by atomic mass is 79.9. The highest BCUT2D eigenvalue weighted by molar-refractivity contribution is 9.10. The van der Waals surface area contributed by atoms with Crippen molar-refractivity contribution in [2.24, 2.45) is 7.05 Å². The van der Waals surface area contributed by atoms with E-state index in [0.717, 1.165) is 30.8 Å². The maximum atomic E-state index is 12.8. The number of rotatable bonds is 5. The summed E-state index contributed by atoms with van der Waals surface area (Å²) in [5.74, 6) is 0.154. The van der Waals surface area contributed by atoms with Crippen LogP contribution in [0.25, 0.3) is 21.3 Å². The summed E-state index contributed by atoms with van der Waals surface area (Å²) in [6.45, 7) is 1.81. The number of carbonyl (C=O) groups excluding carboxylic acids is 1. The van der Waals surface area contributed by atoms with Gasteiger partial charge in [0.15, 0.2) is 0 Å². The van der Waals surface area contributed by atoms with E-state index in [9.17, 15) is 10.1 Å². The van der Waals surface area contributed by atoms with Gasteiger partial charge in [0, 0.05) is 22.5 Å². The van der Waals surface area contributed by atoms with Crippen molar-refractivity contribution in [1.29, 1.82) is 5.26 Å². The molecule has 10 heteroatoms. The van der Waals surface area contributed by atoms with E-state index < -0.39 is 5.25 Å². The summed E-state index contributed by atoms with van der Waals surface area (Å²) in [5.41, 5.74) is 2.42. The summed E-state index contributed by atoms with van der Waals surface area (Å²) in [5, 5.41) is 19.3. The number of aromatic nitrogens is 4. The van der Waals surface area contributed by atoms with E-state index in [4.69, 9.17) is 0 Å². The number of thioether (sulfide) groups is 1. The first-order chi connectivity index (χ1) is 14.5. The number of carbonyl (C=O) groups is 1. The lowest BCUT2D eigenvalue weighted by atomic mass is 10.1. The highest BCUT2D eigenvalue weighted by Crippen LogP contribution is 2.39. The largest absolute Gasteiger partial charge is 0.309 e. The van der Waals surface area contributed by atoms with Crippen LogP contribution in [-0.2, 0) is 11.8 Å². The summed E-state index contributed by atoms with van der Waals surface area (Å²) in [6, 6.07) is 10.1. The van der Waals surface area contributed by atoms with Gasteiger partial charge in [-0.25, -0.2) is 9.97 Å². The fourth-order valence-electron chi connectivity index (χ4n) is 2.89. The average molecular weight is 499 g/mol. The first-order valence-corrected chi connectivity index (χ1v) is 11.4. The molecule has 0 aliphatic carbocycles. The fraction of sp³-hybridized carbons (Fsp3) is 0.150. The van der Waals surface area contributed by atoms with Crippen molar-refractivity contribution in [3.63, 3.8) is 0 Å². The van der Waals surface area contributed by atoms with Gasteiger partial charge in [0.2, 0.25) is 5.91 Å². The lowest BCUT2D eigenvalue weighted by Crippen LogP contribution is -2.24. The van der Waals surface area contributed by atoms with E-state index in [1.807, 2.05) is 37.3 Å². The van der Waals surface area contributed by atoms with E-state index in [2.05, 4.69) is 41.7 Å². The Morgan fingerprint density at radius 2 is 2.10 bits per heavy atom. The first kappa shape index (κ1) is 20.5. The molecule has 3 heterocycles. The molecular weight excluding hydrogens is 484 g/mol. The Bertz CT molecular complexity index is 1270. The molecule has 1 N–H and O–H groups in total. The van der Waals surface area contributed by atoms with Gasteiger partial charge in [0.1, 0.15) is 33.6 Å². The van der Waals surface area contributed by atoms with Crippen molar-refractivity contribution in [3.05, 3.63) is 52.2 Å². The van der Waals surface area contributed by atoms with Gasteiger partial charge in [-0.05, 0) is 24.6 Å². The number of aryl methyl sites for hydroxylation is 1. The molecule has 1 aromatic carbocycles. The van der Waals surface area contributed by atoms with Crippen LogP contribution in [0.4, 0.5) is 5.82 Å². The van der Waals surface area contributed by atoms with Crippen molar-refractivity contribution in [1.82, 2.24) is 19.7 Å². The van der Waals surface area contributed by atoms with Crippen molar-refractivity contribution >= 4 is 61.0 Å². The molecule has 4 rings (SSSR count). The Balaban J connectivity index is 1.63. The third kappa shape index (κ3) is 3.96. The second-order valence-corrected chi connectivity index (χ2v) is 9.51. The minimum atomic E-state index is -0.442. The average Bonchev–Trinajstić information content (AvgIpc) is 3.33. The molecular formula is C20H15BrN6OS2. The van der Waals surface area contributed by atoms with Crippen molar-refractivity contribution < 1.29 is 4.79 Å².